The summed E-state index contributed by atoms with van der Waals surface area (Å²) in [4.78, 5) is 0. The average molecular weight is 470 g/mol. The van der Waals surface area contributed by atoms with Crippen LogP contribution >= 0.6 is 11.6 Å². The molecule has 2 bridgehead atoms. The van der Waals surface area contributed by atoms with Gasteiger partial charge in [-0.15, -0.1) is 0 Å². The molecule has 5 rings (SSSR count). The number of halogens is 1. The largest absolute Gasteiger partial charge is 0.508 e. The number of aromatic hydroxyl groups is 2. The molecule has 0 unspecified atom stereocenters. The molecule has 3 aromatic rings. The molecule has 8 heteroatoms. The third-order valence-electron chi connectivity index (χ3n) is 5.85. The molecule has 1 saturated heterocycles. The lowest BCUT2D eigenvalue weighted by molar-refractivity contribution is 0.128. The van der Waals surface area contributed by atoms with Crippen molar-refractivity contribution in [2.45, 2.75) is 23.9 Å². The number of anilines is 1. The molecule has 3 atom stereocenters. The highest BCUT2D eigenvalue weighted by Crippen LogP contribution is 2.50. The highest BCUT2D eigenvalue weighted by molar-refractivity contribution is 7.93. The van der Waals surface area contributed by atoms with Crippen LogP contribution in [0.25, 0.3) is 11.1 Å². The molecule has 32 heavy (non-hydrogen) atoms. The minimum Gasteiger partial charge on any atom is -0.508 e. The van der Waals surface area contributed by atoms with Gasteiger partial charge in [0.2, 0.25) is 10.0 Å². The number of phenols is 2. The number of phenolic OH excluding ortho intramolecular Hbond substituents is 2. The molecule has 164 valence electrons. The second-order valence-corrected chi connectivity index (χ2v) is 10.2. The summed E-state index contributed by atoms with van der Waals surface area (Å²) in [5.74, 6) is 0.274. The van der Waals surface area contributed by atoms with E-state index in [2.05, 4.69) is 4.72 Å². The Balaban J connectivity index is 1.56. The van der Waals surface area contributed by atoms with Gasteiger partial charge in [-0.2, -0.15) is 0 Å². The van der Waals surface area contributed by atoms with Gasteiger partial charge < -0.3 is 14.9 Å². The molecule has 0 radical (unpaired) electrons. The fourth-order valence-corrected chi connectivity index (χ4v) is 6.11. The van der Waals surface area contributed by atoms with Crippen molar-refractivity contribution in [2.24, 2.45) is 0 Å². The molecule has 2 heterocycles. The second kappa shape index (κ2) is 7.85. The van der Waals surface area contributed by atoms with E-state index in [0.29, 0.717) is 17.1 Å². The molecule has 2 aliphatic heterocycles. The summed E-state index contributed by atoms with van der Waals surface area (Å²) >= 11 is 5.91. The quantitative estimate of drug-likeness (QED) is 0.505. The number of sulfonamides is 1. The highest BCUT2D eigenvalue weighted by atomic mass is 35.5. The van der Waals surface area contributed by atoms with E-state index in [-0.39, 0.29) is 11.5 Å². The minimum absolute atomic E-state index is 0.123. The van der Waals surface area contributed by atoms with Crippen molar-refractivity contribution in [1.82, 2.24) is 0 Å². The molecule has 0 aliphatic carbocycles. The van der Waals surface area contributed by atoms with Crippen LogP contribution in [0.15, 0.2) is 72.8 Å². The van der Waals surface area contributed by atoms with Crippen LogP contribution in [0.3, 0.4) is 0 Å². The molecule has 3 N–H and O–H groups in total. The Hall–Kier alpha value is -3.00. The van der Waals surface area contributed by atoms with Crippen molar-refractivity contribution in [3.05, 3.63) is 88.9 Å². The van der Waals surface area contributed by atoms with E-state index in [1.807, 2.05) is 0 Å². The van der Waals surface area contributed by atoms with Gasteiger partial charge in [-0.3, -0.25) is 4.72 Å². The molecule has 3 aromatic carbocycles. The van der Waals surface area contributed by atoms with Crippen LogP contribution in [-0.2, 0) is 14.8 Å². The van der Waals surface area contributed by atoms with E-state index < -0.39 is 27.5 Å². The van der Waals surface area contributed by atoms with E-state index in [1.165, 1.54) is 0 Å². The van der Waals surface area contributed by atoms with Crippen molar-refractivity contribution in [3.63, 3.8) is 0 Å². The Morgan fingerprint density at radius 2 is 1.34 bits per heavy atom. The third kappa shape index (κ3) is 3.72. The van der Waals surface area contributed by atoms with Crippen LogP contribution in [0, 0.1) is 0 Å². The summed E-state index contributed by atoms with van der Waals surface area (Å²) in [6.07, 6.45) is -0.760. The van der Waals surface area contributed by atoms with Gasteiger partial charge in [-0.1, -0.05) is 35.9 Å². The van der Waals surface area contributed by atoms with E-state index in [9.17, 15) is 18.6 Å². The Kier molecular flexibility index (Phi) is 5.12. The summed E-state index contributed by atoms with van der Waals surface area (Å²) in [5, 5.41) is 19.1. The first-order valence-corrected chi connectivity index (χ1v) is 12.0. The van der Waals surface area contributed by atoms with Gasteiger partial charge in [0.15, 0.2) is 0 Å². The van der Waals surface area contributed by atoms with E-state index in [1.54, 1.807) is 72.8 Å². The predicted molar refractivity (Wildman–Crippen MR) is 124 cm³/mol. The molecular formula is C24H20ClNO5S. The van der Waals surface area contributed by atoms with Crippen LogP contribution in [0.5, 0.6) is 11.5 Å². The summed E-state index contributed by atoms with van der Waals surface area (Å²) < 4.78 is 35.4. The van der Waals surface area contributed by atoms with E-state index >= 15 is 0 Å². The van der Waals surface area contributed by atoms with E-state index in [4.69, 9.17) is 16.3 Å². The van der Waals surface area contributed by atoms with Gasteiger partial charge in [0.25, 0.3) is 0 Å². The molecule has 0 aromatic heterocycles. The van der Waals surface area contributed by atoms with Crippen molar-refractivity contribution >= 4 is 38.5 Å². The zero-order chi connectivity index (χ0) is 22.5. The SMILES string of the molecule is O=S(=O)(Nc1ccc(Cl)cc1)[C@H]1C[C@H]2O[C@@H]1C(c1ccc(O)cc1)=C2c1ccc(O)cc1. The fourth-order valence-electron chi connectivity index (χ4n) is 4.41. The number of ether oxygens (including phenoxy) is 1. The Morgan fingerprint density at radius 1 is 0.812 bits per heavy atom. The number of fused-ring (bicyclic) bond motifs is 2. The summed E-state index contributed by atoms with van der Waals surface area (Å²) in [6, 6.07) is 19.9. The van der Waals surface area contributed by atoms with Crippen molar-refractivity contribution in [2.75, 3.05) is 4.72 Å². The fraction of sp³-hybridized carbons (Fsp3) is 0.167. The maximum atomic E-state index is 13.3. The smallest absolute Gasteiger partial charge is 0.238 e. The normalized spacial score (nSPS) is 22.3. The first-order chi connectivity index (χ1) is 15.3. The number of hydrogen-bond donors (Lipinski definition) is 3. The van der Waals surface area contributed by atoms with Gasteiger partial charge in [-0.25, -0.2) is 8.42 Å². The van der Waals surface area contributed by atoms with Crippen LogP contribution in [0.1, 0.15) is 17.5 Å². The zero-order valence-electron chi connectivity index (χ0n) is 16.8. The maximum Gasteiger partial charge on any atom is 0.238 e. The third-order valence-corrected chi connectivity index (χ3v) is 7.86. The maximum absolute atomic E-state index is 13.3. The molecule has 0 spiro atoms. The first kappa shape index (κ1) is 20.9. The van der Waals surface area contributed by atoms with Gasteiger partial charge >= 0.3 is 0 Å². The van der Waals surface area contributed by atoms with Crippen molar-refractivity contribution < 1.29 is 23.4 Å². The van der Waals surface area contributed by atoms with Gasteiger partial charge in [-0.05, 0) is 77.2 Å². The molecular weight excluding hydrogens is 450 g/mol. The predicted octanol–water partition coefficient (Wildman–Crippen LogP) is 4.64. The van der Waals surface area contributed by atoms with Crippen LogP contribution < -0.4 is 4.72 Å². The summed E-state index contributed by atoms with van der Waals surface area (Å²) in [6.45, 7) is 0. The standard InChI is InChI=1S/C24H20ClNO5S/c25-16-5-7-17(8-6-16)26-32(29,30)21-13-20-22(14-1-9-18(27)10-2-14)23(24(21)31-20)15-3-11-19(28)12-4-15/h1-12,20-21,24,26-28H,13H2/t20-,21+,24+/m1/s1. The van der Waals surface area contributed by atoms with Crippen LogP contribution in [0.2, 0.25) is 5.02 Å². The lowest BCUT2D eigenvalue weighted by Gasteiger charge is -2.25. The van der Waals surface area contributed by atoms with Crippen molar-refractivity contribution in [3.8, 4) is 11.5 Å². The zero-order valence-corrected chi connectivity index (χ0v) is 18.3. The number of hydrogen-bond acceptors (Lipinski definition) is 5. The topological polar surface area (TPSA) is 95.9 Å². The highest BCUT2D eigenvalue weighted by Gasteiger charge is 2.52. The van der Waals surface area contributed by atoms with Gasteiger partial charge in [0.05, 0.1) is 6.10 Å². The van der Waals surface area contributed by atoms with E-state index in [0.717, 1.165) is 22.3 Å². The number of benzene rings is 3. The number of nitrogens with one attached hydrogen (secondary N) is 1. The monoisotopic (exact) mass is 469 g/mol. The Labute approximate surface area is 190 Å². The van der Waals surface area contributed by atoms with Gasteiger partial charge in [0.1, 0.15) is 22.9 Å². The average Bonchev–Trinajstić information content (AvgIpc) is 3.36. The van der Waals surface area contributed by atoms with Crippen molar-refractivity contribution in [1.29, 1.82) is 0 Å². The Morgan fingerprint density at radius 3 is 1.91 bits per heavy atom. The summed E-state index contributed by atoms with van der Waals surface area (Å²) in [5.41, 5.74) is 3.76. The lowest BCUT2D eigenvalue weighted by atomic mass is 9.83. The van der Waals surface area contributed by atoms with Gasteiger partial charge in [0, 0.05) is 10.7 Å². The first-order valence-electron chi connectivity index (χ1n) is 10.1. The second-order valence-electron chi connectivity index (χ2n) is 7.89. The minimum atomic E-state index is -3.76. The molecule has 6 nitrogen and oxygen atoms in total. The Bertz CT molecular complexity index is 1290. The lowest BCUT2D eigenvalue weighted by Crippen LogP contribution is -2.36. The summed E-state index contributed by atoms with van der Waals surface area (Å²) in [7, 11) is -3.76. The molecule has 1 fully saturated rings. The molecule has 0 saturated carbocycles. The van der Waals surface area contributed by atoms with Crippen LogP contribution in [-0.4, -0.2) is 36.1 Å². The number of rotatable bonds is 5. The molecule has 0 amide bonds. The molecule has 2 aliphatic rings. The van der Waals surface area contributed by atoms with Crippen LogP contribution in [0.4, 0.5) is 5.69 Å².